The van der Waals surface area contributed by atoms with Crippen LogP contribution in [0.25, 0.3) is 0 Å². The summed E-state index contributed by atoms with van der Waals surface area (Å²) in [5.41, 5.74) is 2.06. The quantitative estimate of drug-likeness (QED) is 0.478. The molecule has 0 saturated heterocycles. The van der Waals surface area contributed by atoms with Crippen LogP contribution in [0.2, 0.25) is 0 Å². The molecule has 0 fully saturated rings. The van der Waals surface area contributed by atoms with Crippen molar-refractivity contribution in [2.45, 2.75) is 46.3 Å². The highest BCUT2D eigenvalue weighted by molar-refractivity contribution is 7.09. The first kappa shape index (κ1) is 20.1. The van der Waals surface area contributed by atoms with Crippen LogP contribution in [0.5, 0.6) is 5.75 Å². The zero-order valence-electron chi connectivity index (χ0n) is 16.6. The molecule has 0 spiro atoms. The average Bonchev–Trinajstić information content (AvgIpc) is 3.38. The highest BCUT2D eigenvalue weighted by atomic mass is 32.1. The molecule has 1 amide bonds. The molecule has 2 heterocycles. The van der Waals surface area contributed by atoms with Crippen LogP contribution < -0.4 is 4.74 Å². The lowest BCUT2D eigenvalue weighted by atomic mass is 10.0. The first-order valence-corrected chi connectivity index (χ1v) is 10.4. The van der Waals surface area contributed by atoms with Gasteiger partial charge in [-0.15, -0.1) is 11.3 Å². The third-order valence-corrected chi connectivity index (χ3v) is 5.23. The summed E-state index contributed by atoms with van der Waals surface area (Å²) in [6.45, 7) is 7.91. The number of furan rings is 1. The SMILES string of the molecule is CCCN(Cc1csc(COc2ccccc2C(C)C)n1)C(=O)c1ccco1. The van der Waals surface area contributed by atoms with Gasteiger partial charge in [0.25, 0.3) is 5.91 Å². The monoisotopic (exact) mass is 398 g/mol. The Kier molecular flexibility index (Phi) is 6.87. The molecule has 2 aromatic heterocycles. The molecule has 0 saturated carbocycles. The second-order valence-electron chi connectivity index (χ2n) is 6.92. The largest absolute Gasteiger partial charge is 0.486 e. The molecule has 0 aliphatic heterocycles. The van der Waals surface area contributed by atoms with Gasteiger partial charge >= 0.3 is 0 Å². The maximum Gasteiger partial charge on any atom is 0.289 e. The van der Waals surface area contributed by atoms with Crippen LogP contribution in [0.1, 0.15) is 59.9 Å². The molecule has 3 aromatic rings. The van der Waals surface area contributed by atoms with Gasteiger partial charge < -0.3 is 14.1 Å². The van der Waals surface area contributed by atoms with E-state index >= 15 is 0 Å². The molecule has 6 heteroatoms. The number of rotatable bonds is 9. The van der Waals surface area contributed by atoms with E-state index in [4.69, 9.17) is 9.15 Å². The zero-order chi connectivity index (χ0) is 19.9. The van der Waals surface area contributed by atoms with Gasteiger partial charge in [-0.3, -0.25) is 4.79 Å². The highest BCUT2D eigenvalue weighted by Crippen LogP contribution is 2.27. The number of carbonyl (C=O) groups is 1. The van der Waals surface area contributed by atoms with Crippen molar-refractivity contribution < 1.29 is 13.9 Å². The normalized spacial score (nSPS) is 11.0. The standard InChI is InChI=1S/C22H26N2O3S/c1-4-11-24(22(25)20-10-7-12-26-20)13-17-15-28-21(23-17)14-27-19-9-6-5-8-18(19)16(2)3/h5-10,12,15-16H,4,11,13-14H2,1-3H3. The van der Waals surface area contributed by atoms with Crippen molar-refractivity contribution in [2.75, 3.05) is 6.54 Å². The van der Waals surface area contributed by atoms with Crippen LogP contribution in [-0.4, -0.2) is 22.3 Å². The number of benzene rings is 1. The van der Waals surface area contributed by atoms with Crippen molar-refractivity contribution >= 4 is 17.2 Å². The number of thiazole rings is 1. The summed E-state index contributed by atoms with van der Waals surface area (Å²) < 4.78 is 11.3. The topological polar surface area (TPSA) is 55.6 Å². The Bertz CT molecular complexity index is 887. The van der Waals surface area contributed by atoms with E-state index in [1.807, 2.05) is 23.6 Å². The van der Waals surface area contributed by atoms with E-state index in [2.05, 4.69) is 31.8 Å². The molecule has 5 nitrogen and oxygen atoms in total. The van der Waals surface area contributed by atoms with Crippen LogP contribution in [0.4, 0.5) is 0 Å². The number of amides is 1. The molecule has 0 atom stereocenters. The van der Waals surface area contributed by atoms with Crippen molar-refractivity contribution in [1.29, 1.82) is 0 Å². The Morgan fingerprint density at radius 1 is 1.25 bits per heavy atom. The predicted molar refractivity (Wildman–Crippen MR) is 111 cm³/mol. The predicted octanol–water partition coefficient (Wildman–Crippen LogP) is 5.49. The minimum atomic E-state index is -0.108. The second kappa shape index (κ2) is 9.55. The summed E-state index contributed by atoms with van der Waals surface area (Å²) in [6, 6.07) is 11.5. The van der Waals surface area contributed by atoms with Crippen molar-refractivity contribution in [1.82, 2.24) is 9.88 Å². The molecule has 1 aromatic carbocycles. The summed E-state index contributed by atoms with van der Waals surface area (Å²) >= 11 is 1.55. The molecule has 148 valence electrons. The number of hydrogen-bond donors (Lipinski definition) is 0. The fraction of sp³-hybridized carbons (Fsp3) is 0.364. The van der Waals surface area contributed by atoms with Gasteiger partial charge in [0.1, 0.15) is 17.4 Å². The Hall–Kier alpha value is -2.60. The number of aromatic nitrogens is 1. The molecule has 0 N–H and O–H groups in total. The summed E-state index contributed by atoms with van der Waals surface area (Å²) in [6.07, 6.45) is 2.39. The lowest BCUT2D eigenvalue weighted by Gasteiger charge is -2.19. The van der Waals surface area contributed by atoms with E-state index in [1.165, 1.54) is 11.8 Å². The fourth-order valence-electron chi connectivity index (χ4n) is 2.99. The van der Waals surface area contributed by atoms with E-state index in [0.717, 1.165) is 22.9 Å². The lowest BCUT2D eigenvalue weighted by molar-refractivity contribution is 0.0709. The average molecular weight is 399 g/mol. The third kappa shape index (κ3) is 5.01. The van der Waals surface area contributed by atoms with Crippen LogP contribution in [0, 0.1) is 0 Å². The van der Waals surface area contributed by atoms with Gasteiger partial charge in [-0.2, -0.15) is 0 Å². The number of carbonyl (C=O) groups excluding carboxylic acids is 1. The maximum absolute atomic E-state index is 12.6. The highest BCUT2D eigenvalue weighted by Gasteiger charge is 2.19. The smallest absolute Gasteiger partial charge is 0.289 e. The third-order valence-electron chi connectivity index (χ3n) is 4.36. The first-order chi connectivity index (χ1) is 13.6. The van der Waals surface area contributed by atoms with Gasteiger partial charge in [0.15, 0.2) is 5.76 Å². The summed E-state index contributed by atoms with van der Waals surface area (Å²) in [7, 11) is 0. The molecule has 0 aliphatic rings. The number of ether oxygens (including phenoxy) is 1. The van der Waals surface area contributed by atoms with Gasteiger partial charge in [-0.25, -0.2) is 4.98 Å². The van der Waals surface area contributed by atoms with Crippen LogP contribution >= 0.6 is 11.3 Å². The second-order valence-corrected chi connectivity index (χ2v) is 7.86. The molecule has 0 unspecified atom stereocenters. The van der Waals surface area contributed by atoms with E-state index in [0.29, 0.717) is 31.4 Å². The first-order valence-electron chi connectivity index (χ1n) is 9.56. The summed E-state index contributed by atoms with van der Waals surface area (Å²) in [5.74, 6) is 1.55. The lowest BCUT2D eigenvalue weighted by Crippen LogP contribution is -2.31. The molecule has 0 aliphatic carbocycles. The molecule has 0 bridgehead atoms. The molecule has 0 radical (unpaired) electrons. The van der Waals surface area contributed by atoms with Gasteiger partial charge in [0.2, 0.25) is 0 Å². The Morgan fingerprint density at radius 3 is 2.79 bits per heavy atom. The van der Waals surface area contributed by atoms with E-state index < -0.39 is 0 Å². The minimum Gasteiger partial charge on any atom is -0.486 e. The van der Waals surface area contributed by atoms with Gasteiger partial charge in [-0.05, 0) is 36.1 Å². The number of para-hydroxylation sites is 1. The Morgan fingerprint density at radius 2 is 2.07 bits per heavy atom. The summed E-state index contributed by atoms with van der Waals surface area (Å²) in [4.78, 5) is 19.0. The van der Waals surface area contributed by atoms with Crippen LogP contribution in [-0.2, 0) is 13.2 Å². The van der Waals surface area contributed by atoms with Crippen molar-refractivity contribution in [3.05, 3.63) is 70.1 Å². The van der Waals surface area contributed by atoms with E-state index in [1.54, 1.807) is 28.4 Å². The number of nitrogens with zero attached hydrogens (tertiary/aromatic N) is 2. The van der Waals surface area contributed by atoms with Crippen molar-refractivity contribution in [3.8, 4) is 5.75 Å². The maximum atomic E-state index is 12.6. The fourth-order valence-corrected chi connectivity index (χ4v) is 3.69. The molecule has 3 rings (SSSR count). The molecular formula is C22H26N2O3S. The van der Waals surface area contributed by atoms with E-state index in [9.17, 15) is 4.79 Å². The van der Waals surface area contributed by atoms with Crippen molar-refractivity contribution in [2.24, 2.45) is 0 Å². The Balaban J connectivity index is 1.64. The van der Waals surface area contributed by atoms with Crippen LogP contribution in [0.15, 0.2) is 52.5 Å². The summed E-state index contributed by atoms with van der Waals surface area (Å²) in [5, 5.41) is 2.89. The van der Waals surface area contributed by atoms with Crippen LogP contribution in [0.3, 0.4) is 0 Å². The molecule has 28 heavy (non-hydrogen) atoms. The molecular weight excluding hydrogens is 372 g/mol. The minimum absolute atomic E-state index is 0.108. The van der Waals surface area contributed by atoms with Crippen molar-refractivity contribution in [3.63, 3.8) is 0 Å². The zero-order valence-corrected chi connectivity index (χ0v) is 17.4. The number of hydrogen-bond acceptors (Lipinski definition) is 5. The van der Waals surface area contributed by atoms with Gasteiger partial charge in [0.05, 0.1) is 18.5 Å². The van der Waals surface area contributed by atoms with Gasteiger partial charge in [-0.1, -0.05) is 39.0 Å². The Labute approximate surface area is 170 Å². The van der Waals surface area contributed by atoms with Gasteiger partial charge in [0, 0.05) is 11.9 Å². The van der Waals surface area contributed by atoms with E-state index in [-0.39, 0.29) is 5.91 Å².